The van der Waals surface area contributed by atoms with Crippen molar-refractivity contribution in [3.05, 3.63) is 11.3 Å². The summed E-state index contributed by atoms with van der Waals surface area (Å²) in [6, 6.07) is 0.152. The highest BCUT2D eigenvalue weighted by molar-refractivity contribution is 5.48. The number of aryl methyl sites for hydroxylation is 1. The average Bonchev–Trinajstić information content (AvgIpc) is 2.58. The van der Waals surface area contributed by atoms with Crippen molar-refractivity contribution in [3.8, 4) is 0 Å². The number of nitrogens with zero attached hydrogens (tertiary/aromatic N) is 2. The Hall–Kier alpha value is -1.07. The maximum absolute atomic E-state index is 5.33. The van der Waals surface area contributed by atoms with Gasteiger partial charge < -0.3 is 14.8 Å². The maximum atomic E-state index is 5.33. The highest BCUT2D eigenvalue weighted by Gasteiger charge is 2.30. The summed E-state index contributed by atoms with van der Waals surface area (Å²) >= 11 is 0. The number of ether oxygens (including phenoxy) is 2. The fourth-order valence-electron chi connectivity index (χ4n) is 2.21. The van der Waals surface area contributed by atoms with Gasteiger partial charge in [-0.1, -0.05) is 0 Å². The number of hydrogen-bond acceptors (Lipinski definition) is 4. The first kappa shape index (κ1) is 11.4. The summed E-state index contributed by atoms with van der Waals surface area (Å²) in [4.78, 5) is 0. The molecule has 1 atom stereocenters. The molecule has 0 radical (unpaired) electrons. The average molecular weight is 225 g/mol. The lowest BCUT2D eigenvalue weighted by atomic mass is 10.1. The topological polar surface area (TPSA) is 48.3 Å². The van der Waals surface area contributed by atoms with Crippen LogP contribution in [-0.2, 0) is 9.47 Å². The van der Waals surface area contributed by atoms with Crippen LogP contribution in [-0.4, -0.2) is 36.8 Å². The van der Waals surface area contributed by atoms with Crippen molar-refractivity contribution in [1.29, 1.82) is 0 Å². The van der Waals surface area contributed by atoms with E-state index in [0.717, 1.165) is 24.5 Å². The minimum absolute atomic E-state index is 0.152. The highest BCUT2D eigenvalue weighted by atomic mass is 16.7. The zero-order chi connectivity index (χ0) is 11.7. The van der Waals surface area contributed by atoms with E-state index in [-0.39, 0.29) is 12.3 Å². The summed E-state index contributed by atoms with van der Waals surface area (Å²) in [5.41, 5.74) is 2.26. The third-order valence-corrected chi connectivity index (χ3v) is 3.21. The van der Waals surface area contributed by atoms with Crippen molar-refractivity contribution in [2.24, 2.45) is 0 Å². The summed E-state index contributed by atoms with van der Waals surface area (Å²) in [6.45, 7) is 5.03. The Morgan fingerprint density at radius 3 is 2.69 bits per heavy atom. The van der Waals surface area contributed by atoms with Crippen molar-refractivity contribution in [3.63, 3.8) is 0 Å². The van der Waals surface area contributed by atoms with Crippen molar-refractivity contribution < 1.29 is 9.47 Å². The second-order valence-electron chi connectivity index (χ2n) is 4.13. The van der Waals surface area contributed by atoms with Gasteiger partial charge in [-0.3, -0.25) is 0 Å². The van der Waals surface area contributed by atoms with Crippen LogP contribution < -0.4 is 5.32 Å². The van der Waals surface area contributed by atoms with Crippen molar-refractivity contribution in [1.82, 2.24) is 9.78 Å². The molecule has 2 rings (SSSR count). The van der Waals surface area contributed by atoms with E-state index >= 15 is 0 Å². The van der Waals surface area contributed by atoms with Gasteiger partial charge in [-0.25, -0.2) is 4.68 Å². The molecule has 0 saturated carbocycles. The molecular formula is C11H19N3O2. The normalized spacial score (nSPS) is 19.7. The van der Waals surface area contributed by atoms with Crippen LogP contribution in [0.25, 0.3) is 0 Å². The Morgan fingerprint density at radius 1 is 1.38 bits per heavy atom. The molecule has 5 heteroatoms. The number of hydrogen-bond donors (Lipinski definition) is 1. The Labute approximate surface area is 95.7 Å². The molecular weight excluding hydrogens is 206 g/mol. The molecule has 0 aliphatic carbocycles. The van der Waals surface area contributed by atoms with Gasteiger partial charge in [0.15, 0.2) is 6.29 Å². The first-order valence-electron chi connectivity index (χ1n) is 5.54. The SMILES string of the molecule is COC(OC)C1CCNc2c(C)c(C)nn21. The molecule has 1 unspecified atom stereocenters. The number of rotatable bonds is 3. The minimum atomic E-state index is -0.237. The van der Waals surface area contributed by atoms with Gasteiger partial charge in [-0.15, -0.1) is 0 Å². The summed E-state index contributed by atoms with van der Waals surface area (Å²) in [5.74, 6) is 1.09. The smallest absolute Gasteiger partial charge is 0.179 e. The lowest BCUT2D eigenvalue weighted by Gasteiger charge is -2.30. The molecule has 0 amide bonds. The predicted molar refractivity (Wildman–Crippen MR) is 61.7 cm³/mol. The molecule has 16 heavy (non-hydrogen) atoms. The second-order valence-corrected chi connectivity index (χ2v) is 4.13. The molecule has 0 aromatic carbocycles. The van der Waals surface area contributed by atoms with Gasteiger partial charge in [0.25, 0.3) is 0 Å². The van der Waals surface area contributed by atoms with E-state index in [1.165, 1.54) is 5.56 Å². The Balaban J connectivity index is 2.36. The van der Waals surface area contributed by atoms with Crippen LogP contribution in [0.5, 0.6) is 0 Å². The fourth-order valence-corrected chi connectivity index (χ4v) is 2.21. The van der Waals surface area contributed by atoms with Crippen LogP contribution in [0.1, 0.15) is 23.7 Å². The first-order chi connectivity index (χ1) is 7.69. The van der Waals surface area contributed by atoms with Gasteiger partial charge in [-0.05, 0) is 20.3 Å². The van der Waals surface area contributed by atoms with E-state index in [0.29, 0.717) is 0 Å². The number of fused-ring (bicyclic) bond motifs is 1. The quantitative estimate of drug-likeness (QED) is 0.791. The number of methoxy groups -OCH3 is 2. The van der Waals surface area contributed by atoms with Gasteiger partial charge in [0.05, 0.1) is 5.69 Å². The number of nitrogens with one attached hydrogen (secondary N) is 1. The van der Waals surface area contributed by atoms with Crippen LogP contribution >= 0.6 is 0 Å². The molecule has 1 aromatic heterocycles. The van der Waals surface area contributed by atoms with Crippen LogP contribution in [0.2, 0.25) is 0 Å². The fraction of sp³-hybridized carbons (Fsp3) is 0.727. The van der Waals surface area contributed by atoms with Gasteiger partial charge in [-0.2, -0.15) is 5.10 Å². The van der Waals surface area contributed by atoms with Gasteiger partial charge in [0, 0.05) is 26.3 Å². The largest absolute Gasteiger partial charge is 0.370 e. The molecule has 1 aromatic rings. The van der Waals surface area contributed by atoms with Crippen LogP contribution in [0, 0.1) is 13.8 Å². The van der Waals surface area contributed by atoms with Crippen molar-refractivity contribution in [2.45, 2.75) is 32.6 Å². The molecule has 90 valence electrons. The number of aromatic nitrogens is 2. The molecule has 0 spiro atoms. The highest BCUT2D eigenvalue weighted by Crippen LogP contribution is 2.31. The van der Waals surface area contributed by atoms with Crippen LogP contribution in [0.3, 0.4) is 0 Å². The zero-order valence-electron chi connectivity index (χ0n) is 10.3. The van der Waals surface area contributed by atoms with E-state index < -0.39 is 0 Å². The predicted octanol–water partition coefficient (Wildman–Crippen LogP) is 1.48. The first-order valence-corrected chi connectivity index (χ1v) is 5.54. The zero-order valence-corrected chi connectivity index (χ0v) is 10.3. The summed E-state index contributed by atoms with van der Waals surface area (Å²) in [5, 5.41) is 7.92. The minimum Gasteiger partial charge on any atom is -0.370 e. The standard InChI is InChI=1S/C11H19N3O2/c1-7-8(2)13-14-9(11(15-3)16-4)5-6-12-10(7)14/h9,11-12H,5-6H2,1-4H3. The Bertz CT molecular complexity index is 372. The maximum Gasteiger partial charge on any atom is 0.179 e. The Kier molecular flexibility index (Phi) is 3.16. The lowest BCUT2D eigenvalue weighted by molar-refractivity contribution is -0.135. The van der Waals surface area contributed by atoms with E-state index in [9.17, 15) is 0 Å². The molecule has 1 aliphatic heterocycles. The molecule has 2 heterocycles. The second kappa shape index (κ2) is 4.43. The van der Waals surface area contributed by atoms with Gasteiger partial charge >= 0.3 is 0 Å². The third-order valence-electron chi connectivity index (χ3n) is 3.21. The molecule has 1 N–H and O–H groups in total. The third kappa shape index (κ3) is 1.70. The summed E-state index contributed by atoms with van der Waals surface area (Å²) < 4.78 is 12.7. The van der Waals surface area contributed by atoms with Crippen molar-refractivity contribution in [2.75, 3.05) is 26.1 Å². The number of anilines is 1. The van der Waals surface area contributed by atoms with E-state index in [4.69, 9.17) is 9.47 Å². The monoisotopic (exact) mass is 225 g/mol. The van der Waals surface area contributed by atoms with E-state index in [1.807, 2.05) is 11.6 Å². The Morgan fingerprint density at radius 2 is 2.06 bits per heavy atom. The summed E-state index contributed by atoms with van der Waals surface area (Å²) in [6.07, 6.45) is 0.722. The van der Waals surface area contributed by atoms with Crippen LogP contribution in [0.4, 0.5) is 5.82 Å². The van der Waals surface area contributed by atoms with Crippen molar-refractivity contribution >= 4 is 5.82 Å². The lowest BCUT2D eigenvalue weighted by Crippen LogP contribution is -2.34. The van der Waals surface area contributed by atoms with Gasteiger partial charge in [0.1, 0.15) is 11.9 Å². The summed E-state index contributed by atoms with van der Waals surface area (Å²) in [7, 11) is 3.33. The molecule has 0 fully saturated rings. The molecule has 0 saturated heterocycles. The molecule has 1 aliphatic rings. The van der Waals surface area contributed by atoms with E-state index in [2.05, 4.69) is 17.3 Å². The molecule has 0 bridgehead atoms. The van der Waals surface area contributed by atoms with Crippen LogP contribution in [0.15, 0.2) is 0 Å². The molecule has 5 nitrogen and oxygen atoms in total. The van der Waals surface area contributed by atoms with Gasteiger partial charge in [0.2, 0.25) is 0 Å². The van der Waals surface area contributed by atoms with E-state index in [1.54, 1.807) is 14.2 Å².